The van der Waals surface area contributed by atoms with Gasteiger partial charge in [-0.1, -0.05) is 6.92 Å². The maximum Gasteiger partial charge on any atom is 0.305 e. The lowest BCUT2D eigenvalue weighted by atomic mass is 10.4. The molecule has 0 aromatic carbocycles. The maximum atomic E-state index is 12.7. The van der Waals surface area contributed by atoms with Gasteiger partial charge in [-0.2, -0.15) is 0 Å². The van der Waals surface area contributed by atoms with Crippen LogP contribution < -0.4 is 0 Å². The van der Waals surface area contributed by atoms with Gasteiger partial charge in [0.15, 0.2) is 0 Å². The molecule has 0 aromatic rings. The van der Waals surface area contributed by atoms with E-state index in [9.17, 15) is 9.18 Å². The third-order valence-corrected chi connectivity index (χ3v) is 1.57. The number of hydrogen-bond acceptors (Lipinski definition) is 2. The Morgan fingerprint density at radius 3 is 2.70 bits per heavy atom. The zero-order valence-corrected chi connectivity index (χ0v) is 6.02. The lowest BCUT2D eigenvalue weighted by Crippen LogP contribution is -2.14. The molecule has 0 heterocycles. The second kappa shape index (κ2) is 2.56. The van der Waals surface area contributed by atoms with Crippen molar-refractivity contribution in [2.24, 2.45) is 0 Å². The predicted octanol–water partition coefficient (Wildman–Crippen LogP) is 1.44. The van der Waals surface area contributed by atoms with Gasteiger partial charge in [0.25, 0.3) is 0 Å². The van der Waals surface area contributed by atoms with Gasteiger partial charge in [0, 0.05) is 6.42 Å². The zero-order valence-electron chi connectivity index (χ0n) is 6.02. The summed E-state index contributed by atoms with van der Waals surface area (Å²) in [6.45, 7) is 1.65. The Hall–Kier alpha value is -0.600. The fourth-order valence-corrected chi connectivity index (χ4v) is 0.592. The minimum absolute atomic E-state index is 0.0420. The van der Waals surface area contributed by atoms with Crippen LogP contribution in [0.2, 0.25) is 0 Å². The highest BCUT2D eigenvalue weighted by Crippen LogP contribution is 2.39. The molecule has 1 aliphatic rings. The van der Waals surface area contributed by atoms with Gasteiger partial charge in [0.1, 0.15) is 12.3 Å². The van der Waals surface area contributed by atoms with Gasteiger partial charge in [-0.15, -0.1) is 0 Å². The molecule has 0 saturated heterocycles. The maximum absolute atomic E-state index is 12.7. The highest BCUT2D eigenvalue weighted by atomic mass is 19.1. The van der Waals surface area contributed by atoms with E-state index in [4.69, 9.17) is 0 Å². The monoisotopic (exact) mass is 146 g/mol. The fraction of sp³-hybridized carbons (Fsp3) is 0.857. The number of carbonyl (C=O) groups excluding carboxylic acids is 1. The average molecular weight is 146 g/mol. The molecule has 2 nitrogen and oxygen atoms in total. The van der Waals surface area contributed by atoms with Crippen molar-refractivity contribution in [2.75, 3.05) is 6.61 Å². The molecule has 58 valence electrons. The van der Waals surface area contributed by atoms with E-state index in [1.807, 2.05) is 0 Å². The van der Waals surface area contributed by atoms with E-state index in [1.165, 1.54) is 0 Å². The van der Waals surface area contributed by atoms with Crippen molar-refractivity contribution in [3.05, 3.63) is 0 Å². The molecule has 1 aliphatic carbocycles. The third kappa shape index (κ3) is 1.97. The van der Waals surface area contributed by atoms with Gasteiger partial charge < -0.3 is 4.74 Å². The summed E-state index contributed by atoms with van der Waals surface area (Å²) < 4.78 is 17.3. The first kappa shape index (κ1) is 7.51. The topological polar surface area (TPSA) is 26.3 Å². The first-order chi connectivity index (χ1) is 4.66. The lowest BCUT2D eigenvalue weighted by molar-refractivity contribution is -0.145. The zero-order chi connectivity index (χ0) is 7.61. The summed E-state index contributed by atoms with van der Waals surface area (Å²) in [5, 5.41) is 0. The Balaban J connectivity index is 2.10. The summed E-state index contributed by atoms with van der Waals surface area (Å²) in [7, 11) is 0. The second-order valence-corrected chi connectivity index (χ2v) is 2.67. The van der Waals surface area contributed by atoms with Crippen molar-refractivity contribution < 1.29 is 13.9 Å². The minimum atomic E-state index is -1.16. The van der Waals surface area contributed by atoms with Crippen molar-refractivity contribution in [3.63, 3.8) is 0 Å². The quantitative estimate of drug-likeness (QED) is 0.563. The number of rotatable bonds is 3. The number of ether oxygens (including phenoxy) is 1. The normalized spacial score (nSPS) is 20.2. The van der Waals surface area contributed by atoms with Crippen LogP contribution in [0.4, 0.5) is 4.39 Å². The molecule has 1 rings (SSSR count). The highest BCUT2D eigenvalue weighted by molar-refractivity contribution is 5.68. The Kier molecular flexibility index (Phi) is 1.92. The number of alkyl halides is 1. The van der Waals surface area contributed by atoms with Crippen LogP contribution in [0.15, 0.2) is 0 Å². The molecule has 0 radical (unpaired) electrons. The van der Waals surface area contributed by atoms with E-state index in [0.29, 0.717) is 19.3 Å². The Labute approximate surface area is 59.4 Å². The molecular formula is C7H11FO2. The van der Waals surface area contributed by atoms with Crippen LogP contribution in [0.3, 0.4) is 0 Å². The lowest BCUT2D eigenvalue weighted by Gasteiger charge is -2.04. The summed E-state index contributed by atoms with van der Waals surface area (Å²) in [4.78, 5) is 10.5. The molecule has 0 amide bonds. The van der Waals surface area contributed by atoms with Crippen molar-refractivity contribution in [1.29, 1.82) is 0 Å². The molecule has 10 heavy (non-hydrogen) atoms. The average Bonchev–Trinajstić information content (AvgIpc) is 2.64. The van der Waals surface area contributed by atoms with Crippen molar-refractivity contribution >= 4 is 5.97 Å². The molecule has 0 bridgehead atoms. The summed E-state index contributed by atoms with van der Waals surface area (Å²) in [5.41, 5.74) is -1.16. The molecule has 0 aromatic heterocycles. The molecular weight excluding hydrogens is 135 g/mol. The van der Waals surface area contributed by atoms with Crippen LogP contribution in [0, 0.1) is 0 Å². The fourth-order valence-electron chi connectivity index (χ4n) is 0.592. The molecule has 0 N–H and O–H groups in total. The molecule has 3 heteroatoms. The van der Waals surface area contributed by atoms with Crippen molar-refractivity contribution in [1.82, 2.24) is 0 Å². The van der Waals surface area contributed by atoms with Crippen molar-refractivity contribution in [3.8, 4) is 0 Å². The van der Waals surface area contributed by atoms with Crippen LogP contribution in [0.5, 0.6) is 0 Å². The van der Waals surface area contributed by atoms with E-state index in [2.05, 4.69) is 4.74 Å². The first-order valence-corrected chi connectivity index (χ1v) is 3.51. The smallest absolute Gasteiger partial charge is 0.305 e. The number of carbonyl (C=O) groups is 1. The minimum Gasteiger partial charge on any atom is -0.462 e. The summed E-state index contributed by atoms with van der Waals surface area (Å²) in [6, 6.07) is 0. The molecule has 0 unspecified atom stereocenters. The molecule has 1 fully saturated rings. The predicted molar refractivity (Wildman–Crippen MR) is 34.3 cm³/mol. The van der Waals surface area contributed by atoms with E-state index < -0.39 is 5.67 Å². The third-order valence-electron chi connectivity index (χ3n) is 1.57. The van der Waals surface area contributed by atoms with Gasteiger partial charge in [0.2, 0.25) is 0 Å². The van der Waals surface area contributed by atoms with E-state index in [1.54, 1.807) is 6.92 Å². The highest BCUT2D eigenvalue weighted by Gasteiger charge is 2.44. The Morgan fingerprint density at radius 1 is 1.70 bits per heavy atom. The largest absolute Gasteiger partial charge is 0.462 e. The summed E-state index contributed by atoms with van der Waals surface area (Å²) in [6.07, 6.45) is 1.42. The summed E-state index contributed by atoms with van der Waals surface area (Å²) in [5.74, 6) is -0.316. The van der Waals surface area contributed by atoms with Gasteiger partial charge >= 0.3 is 5.97 Å². The van der Waals surface area contributed by atoms with E-state index in [-0.39, 0.29) is 12.6 Å². The molecule has 1 saturated carbocycles. The molecule has 0 aliphatic heterocycles. The second-order valence-electron chi connectivity index (χ2n) is 2.67. The van der Waals surface area contributed by atoms with E-state index in [0.717, 1.165) is 0 Å². The van der Waals surface area contributed by atoms with E-state index >= 15 is 0 Å². The van der Waals surface area contributed by atoms with Gasteiger partial charge in [-0.25, -0.2) is 4.39 Å². The molecule has 0 atom stereocenters. The number of esters is 1. The van der Waals surface area contributed by atoms with Gasteiger partial charge in [-0.3, -0.25) is 4.79 Å². The van der Waals surface area contributed by atoms with Crippen molar-refractivity contribution in [2.45, 2.75) is 31.9 Å². The van der Waals surface area contributed by atoms with Crippen LogP contribution in [-0.2, 0) is 9.53 Å². The van der Waals surface area contributed by atoms with Crippen LogP contribution in [0.25, 0.3) is 0 Å². The summed E-state index contributed by atoms with van der Waals surface area (Å²) >= 11 is 0. The van der Waals surface area contributed by atoms with Gasteiger partial charge in [0.05, 0.1) is 0 Å². The van der Waals surface area contributed by atoms with Gasteiger partial charge in [-0.05, 0) is 12.8 Å². The van der Waals surface area contributed by atoms with Crippen LogP contribution >= 0.6 is 0 Å². The Bertz CT molecular complexity index is 141. The van der Waals surface area contributed by atoms with Crippen LogP contribution in [0.1, 0.15) is 26.2 Å². The number of hydrogen-bond donors (Lipinski definition) is 0. The standard InChI is InChI=1S/C7H11FO2/c1-2-6(9)10-5-7(8)3-4-7/h2-5H2,1H3. The van der Waals surface area contributed by atoms with Crippen LogP contribution in [-0.4, -0.2) is 18.2 Å². The molecule has 0 spiro atoms. The number of halogens is 1. The Morgan fingerprint density at radius 2 is 2.30 bits per heavy atom. The first-order valence-electron chi connectivity index (χ1n) is 3.51. The SMILES string of the molecule is CCC(=O)OCC1(F)CC1.